The summed E-state index contributed by atoms with van der Waals surface area (Å²) < 4.78 is 11.0. The summed E-state index contributed by atoms with van der Waals surface area (Å²) in [4.78, 5) is 0. The molecule has 3 heteroatoms. The molecule has 2 aromatic carbocycles. The minimum absolute atomic E-state index is 0.211. The van der Waals surface area contributed by atoms with Gasteiger partial charge in [-0.2, -0.15) is 0 Å². The SMILES string of the molecule is COc1ccccc1C(N)COc1cccc(C)c1. The molecule has 0 radical (unpaired) electrons. The van der Waals surface area contributed by atoms with E-state index in [9.17, 15) is 0 Å². The zero-order chi connectivity index (χ0) is 13.7. The Morgan fingerprint density at radius 1 is 1.11 bits per heavy atom. The molecule has 1 unspecified atom stereocenters. The lowest BCUT2D eigenvalue weighted by Crippen LogP contribution is -2.19. The minimum Gasteiger partial charge on any atom is -0.496 e. The van der Waals surface area contributed by atoms with Gasteiger partial charge >= 0.3 is 0 Å². The normalized spacial score (nSPS) is 11.9. The molecule has 2 N–H and O–H groups in total. The first kappa shape index (κ1) is 13.4. The zero-order valence-corrected chi connectivity index (χ0v) is 11.3. The van der Waals surface area contributed by atoms with E-state index in [1.165, 1.54) is 5.56 Å². The van der Waals surface area contributed by atoms with E-state index in [1.54, 1.807) is 7.11 Å². The summed E-state index contributed by atoms with van der Waals surface area (Å²) in [6, 6.07) is 15.5. The molecule has 0 heterocycles. The molecule has 100 valence electrons. The van der Waals surface area contributed by atoms with Crippen LogP contribution in [0.25, 0.3) is 0 Å². The van der Waals surface area contributed by atoms with Gasteiger partial charge in [-0.15, -0.1) is 0 Å². The Morgan fingerprint density at radius 3 is 2.63 bits per heavy atom. The van der Waals surface area contributed by atoms with Crippen LogP contribution >= 0.6 is 0 Å². The van der Waals surface area contributed by atoms with Crippen molar-refractivity contribution in [3.8, 4) is 11.5 Å². The van der Waals surface area contributed by atoms with E-state index in [0.717, 1.165) is 17.1 Å². The minimum atomic E-state index is -0.211. The highest BCUT2D eigenvalue weighted by Crippen LogP contribution is 2.24. The topological polar surface area (TPSA) is 44.5 Å². The second kappa shape index (κ2) is 6.25. The fourth-order valence-corrected chi connectivity index (χ4v) is 1.95. The van der Waals surface area contributed by atoms with Crippen LogP contribution in [-0.4, -0.2) is 13.7 Å². The van der Waals surface area contributed by atoms with E-state index in [0.29, 0.717) is 6.61 Å². The molecule has 0 aliphatic rings. The number of hydrogen-bond acceptors (Lipinski definition) is 3. The van der Waals surface area contributed by atoms with Crippen LogP contribution in [-0.2, 0) is 0 Å². The molecule has 0 saturated carbocycles. The smallest absolute Gasteiger partial charge is 0.123 e. The Kier molecular flexibility index (Phi) is 4.42. The number of ether oxygens (including phenoxy) is 2. The maximum atomic E-state index is 6.15. The summed E-state index contributed by atoms with van der Waals surface area (Å²) in [6.45, 7) is 2.46. The molecule has 0 fully saturated rings. The van der Waals surface area contributed by atoms with Crippen molar-refractivity contribution in [3.63, 3.8) is 0 Å². The summed E-state index contributed by atoms with van der Waals surface area (Å²) in [5.74, 6) is 1.63. The van der Waals surface area contributed by atoms with Crippen molar-refractivity contribution in [3.05, 3.63) is 59.7 Å². The first-order chi connectivity index (χ1) is 9.20. The molecule has 1 atom stereocenters. The maximum Gasteiger partial charge on any atom is 0.123 e. The quantitative estimate of drug-likeness (QED) is 0.895. The molecule has 0 spiro atoms. The second-order valence-corrected chi connectivity index (χ2v) is 4.48. The average molecular weight is 257 g/mol. The van der Waals surface area contributed by atoms with Crippen molar-refractivity contribution in [2.45, 2.75) is 13.0 Å². The van der Waals surface area contributed by atoms with Gasteiger partial charge in [-0.25, -0.2) is 0 Å². The van der Waals surface area contributed by atoms with E-state index < -0.39 is 0 Å². The highest BCUT2D eigenvalue weighted by atomic mass is 16.5. The molecular formula is C16H19NO2. The summed E-state index contributed by atoms with van der Waals surface area (Å²) in [5.41, 5.74) is 8.28. The summed E-state index contributed by atoms with van der Waals surface area (Å²) in [5, 5.41) is 0. The van der Waals surface area contributed by atoms with E-state index in [-0.39, 0.29) is 6.04 Å². The van der Waals surface area contributed by atoms with Gasteiger partial charge in [0, 0.05) is 5.56 Å². The number of aryl methyl sites for hydroxylation is 1. The third kappa shape index (κ3) is 3.48. The Balaban J connectivity index is 2.03. The van der Waals surface area contributed by atoms with E-state index in [4.69, 9.17) is 15.2 Å². The van der Waals surface area contributed by atoms with Crippen LogP contribution in [0.3, 0.4) is 0 Å². The Labute approximate surface area is 114 Å². The molecule has 3 nitrogen and oxygen atoms in total. The van der Waals surface area contributed by atoms with Crippen LogP contribution in [0.4, 0.5) is 0 Å². The number of para-hydroxylation sites is 1. The highest BCUT2D eigenvalue weighted by Gasteiger charge is 2.11. The van der Waals surface area contributed by atoms with Crippen LogP contribution < -0.4 is 15.2 Å². The molecule has 2 rings (SSSR count). The maximum absolute atomic E-state index is 6.15. The number of benzene rings is 2. The third-order valence-corrected chi connectivity index (χ3v) is 2.96. The van der Waals surface area contributed by atoms with Crippen molar-refractivity contribution in [2.75, 3.05) is 13.7 Å². The number of methoxy groups -OCH3 is 1. The van der Waals surface area contributed by atoms with Crippen molar-refractivity contribution in [2.24, 2.45) is 5.73 Å². The van der Waals surface area contributed by atoms with E-state index in [2.05, 4.69) is 0 Å². The van der Waals surface area contributed by atoms with Gasteiger partial charge < -0.3 is 15.2 Å². The lowest BCUT2D eigenvalue weighted by Gasteiger charge is -2.16. The van der Waals surface area contributed by atoms with Crippen LogP contribution in [0, 0.1) is 6.92 Å². The summed E-state index contributed by atoms with van der Waals surface area (Å²) in [7, 11) is 1.65. The van der Waals surface area contributed by atoms with E-state index >= 15 is 0 Å². The highest BCUT2D eigenvalue weighted by molar-refractivity contribution is 5.36. The third-order valence-electron chi connectivity index (χ3n) is 2.96. The number of rotatable bonds is 5. The Hall–Kier alpha value is -2.00. The molecular weight excluding hydrogens is 238 g/mol. The van der Waals surface area contributed by atoms with Crippen molar-refractivity contribution >= 4 is 0 Å². The molecule has 0 aliphatic heterocycles. The van der Waals surface area contributed by atoms with Crippen LogP contribution in [0.1, 0.15) is 17.2 Å². The summed E-state index contributed by atoms with van der Waals surface area (Å²) >= 11 is 0. The first-order valence-corrected chi connectivity index (χ1v) is 6.28. The van der Waals surface area contributed by atoms with Gasteiger partial charge in [-0.3, -0.25) is 0 Å². The zero-order valence-electron chi connectivity index (χ0n) is 11.3. The van der Waals surface area contributed by atoms with Crippen molar-refractivity contribution < 1.29 is 9.47 Å². The van der Waals surface area contributed by atoms with Gasteiger partial charge in [0.1, 0.15) is 18.1 Å². The lowest BCUT2D eigenvalue weighted by atomic mass is 10.1. The standard InChI is InChI=1S/C16H19NO2/c1-12-6-5-7-13(10-12)19-11-15(17)14-8-3-4-9-16(14)18-2/h3-10,15H,11,17H2,1-2H3. The predicted molar refractivity (Wildman–Crippen MR) is 76.6 cm³/mol. The van der Waals surface area contributed by atoms with Gasteiger partial charge in [0.25, 0.3) is 0 Å². The molecule has 0 aromatic heterocycles. The van der Waals surface area contributed by atoms with Gasteiger partial charge in [0.2, 0.25) is 0 Å². The van der Waals surface area contributed by atoms with E-state index in [1.807, 2.05) is 55.5 Å². The molecule has 0 aliphatic carbocycles. The van der Waals surface area contributed by atoms with Crippen molar-refractivity contribution in [1.29, 1.82) is 0 Å². The van der Waals surface area contributed by atoms with Crippen molar-refractivity contribution in [1.82, 2.24) is 0 Å². The van der Waals surface area contributed by atoms with Crippen LogP contribution in [0.2, 0.25) is 0 Å². The molecule has 19 heavy (non-hydrogen) atoms. The van der Waals surface area contributed by atoms with Crippen LogP contribution in [0.15, 0.2) is 48.5 Å². The first-order valence-electron chi connectivity index (χ1n) is 6.28. The van der Waals surface area contributed by atoms with Gasteiger partial charge in [0.05, 0.1) is 13.2 Å². The summed E-state index contributed by atoms with van der Waals surface area (Å²) in [6.07, 6.45) is 0. The Bertz CT molecular complexity index is 540. The van der Waals surface area contributed by atoms with Crippen LogP contribution in [0.5, 0.6) is 11.5 Å². The molecule has 0 bridgehead atoms. The largest absolute Gasteiger partial charge is 0.496 e. The fourth-order valence-electron chi connectivity index (χ4n) is 1.95. The monoisotopic (exact) mass is 257 g/mol. The van der Waals surface area contributed by atoms with Gasteiger partial charge in [0.15, 0.2) is 0 Å². The predicted octanol–water partition coefficient (Wildman–Crippen LogP) is 3.08. The fraction of sp³-hybridized carbons (Fsp3) is 0.250. The molecule has 0 amide bonds. The lowest BCUT2D eigenvalue weighted by molar-refractivity contribution is 0.286. The van der Waals surface area contributed by atoms with Gasteiger partial charge in [-0.1, -0.05) is 30.3 Å². The number of hydrogen-bond donors (Lipinski definition) is 1. The Morgan fingerprint density at radius 2 is 1.89 bits per heavy atom. The average Bonchev–Trinajstić information content (AvgIpc) is 2.45. The molecule has 2 aromatic rings. The van der Waals surface area contributed by atoms with Gasteiger partial charge in [-0.05, 0) is 30.7 Å². The number of nitrogens with two attached hydrogens (primary N) is 1. The second-order valence-electron chi connectivity index (χ2n) is 4.48. The molecule has 0 saturated heterocycles.